The zero-order chi connectivity index (χ0) is 78.3. The molecule has 0 fully saturated rings. The van der Waals surface area contributed by atoms with Crippen LogP contribution in [0.5, 0.6) is 0 Å². The van der Waals surface area contributed by atoms with Crippen LogP contribution in [-0.4, -0.2) is 96.7 Å². The molecule has 0 aliphatic carbocycles. The molecule has 0 radical (unpaired) electrons. The maximum Gasteiger partial charge on any atom is 0.472 e. The van der Waals surface area contributed by atoms with Crippen LogP contribution >= 0.6 is 15.6 Å². The summed E-state index contributed by atoms with van der Waals surface area (Å²) in [6, 6.07) is 0. The van der Waals surface area contributed by atoms with Gasteiger partial charge in [0.15, 0.2) is 12.2 Å². The number of aliphatic hydroxyl groups is 1. The van der Waals surface area contributed by atoms with Crippen LogP contribution in [0.1, 0.15) is 478 Å². The van der Waals surface area contributed by atoms with E-state index in [2.05, 4.69) is 34.6 Å². The number of hydrogen-bond acceptors (Lipinski definition) is 15. The van der Waals surface area contributed by atoms with Crippen LogP contribution < -0.4 is 0 Å². The van der Waals surface area contributed by atoms with Crippen LogP contribution in [0.4, 0.5) is 0 Å². The van der Waals surface area contributed by atoms with E-state index >= 15 is 0 Å². The highest BCUT2D eigenvalue weighted by atomic mass is 31.2. The Bertz CT molecular complexity index is 2030. The SMILES string of the molecule is CCCCCCCCCCCCCCCCCCCCCCCCC(=O)O[C@H](COC(=O)CCCCCCCCCCCCCCCCC(C)C)COP(=O)(O)OC[C@@H](O)COP(=O)(O)OC[C@@H](COC(=O)CCCCCCCCCCCCC)OC(=O)CCCCCCCCCCCCCCCCCCC. The van der Waals surface area contributed by atoms with Crippen molar-refractivity contribution in [3.8, 4) is 0 Å². The lowest BCUT2D eigenvalue weighted by Crippen LogP contribution is -2.30. The number of unbranched alkanes of at least 4 members (excludes halogenated alkanes) is 60. The van der Waals surface area contributed by atoms with Crippen molar-refractivity contribution < 1.29 is 80.2 Å². The van der Waals surface area contributed by atoms with Crippen molar-refractivity contribution in [3.05, 3.63) is 0 Å². The van der Waals surface area contributed by atoms with E-state index in [1.807, 2.05) is 0 Å². The summed E-state index contributed by atoms with van der Waals surface area (Å²) in [6.45, 7) is 7.40. The van der Waals surface area contributed by atoms with Crippen LogP contribution in [0.25, 0.3) is 0 Å². The molecule has 3 N–H and O–H groups in total. The second-order valence-corrected chi connectivity index (χ2v) is 35.0. The summed E-state index contributed by atoms with van der Waals surface area (Å²) >= 11 is 0. The minimum absolute atomic E-state index is 0.109. The molecule has 0 bridgehead atoms. The van der Waals surface area contributed by atoms with Gasteiger partial charge in [-0.15, -0.1) is 0 Å². The normalized spacial score (nSPS) is 13.7. The molecule has 17 nitrogen and oxygen atoms in total. The van der Waals surface area contributed by atoms with E-state index in [4.69, 9.17) is 37.0 Å². The molecule has 0 aliphatic rings. The van der Waals surface area contributed by atoms with Crippen molar-refractivity contribution in [2.24, 2.45) is 5.92 Å². The Labute approximate surface area is 658 Å². The number of carbonyl (C=O) groups excluding carboxylic acids is 4. The lowest BCUT2D eigenvalue weighted by molar-refractivity contribution is -0.161. The lowest BCUT2D eigenvalue weighted by atomic mass is 10.0. The highest BCUT2D eigenvalue weighted by molar-refractivity contribution is 7.47. The Morgan fingerprint density at radius 1 is 0.252 bits per heavy atom. The average Bonchev–Trinajstić information content (AvgIpc) is 0.913. The molecule has 0 amide bonds. The van der Waals surface area contributed by atoms with E-state index in [1.165, 1.54) is 302 Å². The zero-order valence-electron chi connectivity index (χ0n) is 70.3. The zero-order valence-corrected chi connectivity index (χ0v) is 72.1. The molecule has 0 saturated carbocycles. The minimum Gasteiger partial charge on any atom is -0.462 e. The molecule has 2 unspecified atom stereocenters. The van der Waals surface area contributed by atoms with Gasteiger partial charge in [0.2, 0.25) is 0 Å². The topological polar surface area (TPSA) is 237 Å². The predicted octanol–water partition coefficient (Wildman–Crippen LogP) is 27.2. The highest BCUT2D eigenvalue weighted by Crippen LogP contribution is 2.45. The molecule has 0 aromatic heterocycles. The molecule has 636 valence electrons. The molecule has 0 aromatic rings. The standard InChI is InChI=1S/C88H172O17P2/c1-6-9-12-15-18-21-24-26-28-30-31-32-33-34-36-38-44-49-54-59-64-69-74-88(93)105-84(78-99-86(91)72-67-62-57-52-47-42-40-39-41-46-50-55-60-65-70-81(4)5)80-103-107(96,97)101-76-82(89)75-100-106(94,95)102-79-83(77-98-85(90)71-66-61-56-51-45-23-20-17-14-11-8-3)104-87(92)73-68-63-58-53-48-43-37-35-29-27-25-22-19-16-13-10-7-2/h81-84,89H,6-80H2,1-5H3,(H,94,95)(H,96,97)/t82-,83+,84+/m0/s1. The fourth-order valence-electron chi connectivity index (χ4n) is 13.8. The molecule has 0 rings (SSSR count). The fourth-order valence-corrected chi connectivity index (χ4v) is 15.4. The van der Waals surface area contributed by atoms with Crippen molar-refractivity contribution in [2.75, 3.05) is 39.6 Å². The molecule has 107 heavy (non-hydrogen) atoms. The molecule has 0 aromatic carbocycles. The van der Waals surface area contributed by atoms with Crippen molar-refractivity contribution in [1.82, 2.24) is 0 Å². The first kappa shape index (κ1) is 105. The van der Waals surface area contributed by atoms with E-state index < -0.39 is 97.5 Å². The third kappa shape index (κ3) is 81.9. The van der Waals surface area contributed by atoms with Crippen molar-refractivity contribution in [3.63, 3.8) is 0 Å². The number of phosphoric acid groups is 2. The number of aliphatic hydroxyl groups excluding tert-OH is 1. The number of hydrogen-bond donors (Lipinski definition) is 3. The Morgan fingerprint density at radius 3 is 0.636 bits per heavy atom. The second kappa shape index (κ2) is 80.7. The average molecular weight is 1560 g/mol. The van der Waals surface area contributed by atoms with Crippen molar-refractivity contribution in [2.45, 2.75) is 496 Å². The fraction of sp³-hybridized carbons (Fsp3) is 0.955. The smallest absolute Gasteiger partial charge is 0.462 e. The van der Waals surface area contributed by atoms with Gasteiger partial charge < -0.3 is 33.8 Å². The molecular formula is C88H172O17P2. The molecule has 5 atom stereocenters. The summed E-state index contributed by atoms with van der Waals surface area (Å²) < 4.78 is 69.0. The second-order valence-electron chi connectivity index (χ2n) is 32.1. The Morgan fingerprint density at radius 2 is 0.430 bits per heavy atom. The summed E-state index contributed by atoms with van der Waals surface area (Å²) in [5, 5.41) is 10.7. The Balaban J connectivity index is 5.23. The van der Waals surface area contributed by atoms with E-state index in [-0.39, 0.29) is 25.7 Å². The van der Waals surface area contributed by atoms with Crippen molar-refractivity contribution in [1.29, 1.82) is 0 Å². The van der Waals surface area contributed by atoms with E-state index in [1.54, 1.807) is 0 Å². The van der Waals surface area contributed by atoms with Crippen LogP contribution in [0.2, 0.25) is 0 Å². The first-order valence-electron chi connectivity index (χ1n) is 45.6. The molecule has 0 aliphatic heterocycles. The first-order valence-corrected chi connectivity index (χ1v) is 48.6. The summed E-state index contributed by atoms with van der Waals surface area (Å²) in [7, 11) is -9.93. The predicted molar refractivity (Wildman–Crippen MR) is 442 cm³/mol. The van der Waals surface area contributed by atoms with Gasteiger partial charge in [0.1, 0.15) is 19.3 Å². The van der Waals surface area contributed by atoms with Gasteiger partial charge in [0.25, 0.3) is 0 Å². The molecule has 0 saturated heterocycles. The summed E-state index contributed by atoms with van der Waals surface area (Å²) in [4.78, 5) is 73.3. The third-order valence-corrected chi connectivity index (χ3v) is 22.7. The van der Waals surface area contributed by atoms with E-state index in [0.29, 0.717) is 25.7 Å². The third-order valence-electron chi connectivity index (χ3n) is 20.8. The number of carbonyl (C=O) groups is 4. The minimum atomic E-state index is -4.97. The molecule has 19 heteroatoms. The first-order chi connectivity index (χ1) is 52.0. The number of esters is 4. The van der Waals surface area contributed by atoms with Gasteiger partial charge in [0.05, 0.1) is 26.4 Å². The molecule has 0 spiro atoms. The maximum atomic E-state index is 13.2. The van der Waals surface area contributed by atoms with Gasteiger partial charge in [-0.05, 0) is 31.6 Å². The maximum absolute atomic E-state index is 13.2. The van der Waals surface area contributed by atoms with E-state index in [0.717, 1.165) is 95.8 Å². The van der Waals surface area contributed by atoms with Crippen LogP contribution in [-0.2, 0) is 65.4 Å². The number of ether oxygens (including phenoxy) is 4. The summed E-state index contributed by atoms with van der Waals surface area (Å²) in [6.07, 6.45) is 75.0. The van der Waals surface area contributed by atoms with Crippen LogP contribution in [0, 0.1) is 5.92 Å². The molecular weight excluding hydrogens is 1390 g/mol. The molecule has 0 heterocycles. The van der Waals surface area contributed by atoms with Crippen LogP contribution in [0.15, 0.2) is 0 Å². The quantitative estimate of drug-likeness (QED) is 0.0222. The van der Waals surface area contributed by atoms with Gasteiger partial charge in [-0.1, -0.05) is 426 Å². The van der Waals surface area contributed by atoms with Crippen molar-refractivity contribution >= 4 is 39.5 Å². The summed E-state index contributed by atoms with van der Waals surface area (Å²) in [5.74, 6) is -1.30. The van der Waals surface area contributed by atoms with E-state index in [9.17, 15) is 43.2 Å². The monoisotopic (exact) mass is 1560 g/mol. The van der Waals surface area contributed by atoms with Gasteiger partial charge in [0, 0.05) is 25.7 Å². The van der Waals surface area contributed by atoms with Crippen LogP contribution in [0.3, 0.4) is 0 Å². The van der Waals surface area contributed by atoms with Gasteiger partial charge in [-0.3, -0.25) is 37.3 Å². The Kier molecular flexibility index (Phi) is 79.2. The summed E-state index contributed by atoms with van der Waals surface area (Å²) in [5.41, 5.74) is 0. The van der Waals surface area contributed by atoms with Gasteiger partial charge in [-0.25, -0.2) is 9.13 Å². The largest absolute Gasteiger partial charge is 0.472 e. The van der Waals surface area contributed by atoms with Gasteiger partial charge in [-0.2, -0.15) is 0 Å². The number of phosphoric ester groups is 2. The highest BCUT2D eigenvalue weighted by Gasteiger charge is 2.30. The lowest BCUT2D eigenvalue weighted by Gasteiger charge is -2.21. The Hall–Kier alpha value is -1.94. The number of rotatable bonds is 88. The van der Waals surface area contributed by atoms with Gasteiger partial charge >= 0.3 is 39.5 Å².